The van der Waals surface area contributed by atoms with Gasteiger partial charge in [0.15, 0.2) is 0 Å². The highest BCUT2D eigenvalue weighted by Crippen LogP contribution is 2.18. The van der Waals surface area contributed by atoms with Gasteiger partial charge in [0.2, 0.25) is 0 Å². The summed E-state index contributed by atoms with van der Waals surface area (Å²) in [5.41, 5.74) is 8.60. The third kappa shape index (κ3) is 3.95. The van der Waals surface area contributed by atoms with Crippen molar-refractivity contribution in [2.75, 3.05) is 7.05 Å². The highest BCUT2D eigenvalue weighted by atomic mass is 14.9. The van der Waals surface area contributed by atoms with Gasteiger partial charge in [-0.15, -0.1) is 0 Å². The third-order valence-corrected chi connectivity index (χ3v) is 2.88. The first-order chi connectivity index (χ1) is 7.67. The number of hydrogen-bond donors (Lipinski definition) is 2. The maximum absolute atomic E-state index is 5.84. The fourth-order valence-corrected chi connectivity index (χ4v) is 2.00. The van der Waals surface area contributed by atoms with Crippen molar-refractivity contribution >= 4 is 0 Å². The van der Waals surface area contributed by atoms with Gasteiger partial charge in [-0.2, -0.15) is 0 Å². The summed E-state index contributed by atoms with van der Waals surface area (Å²) in [5, 5.41) is 3.32. The molecule has 0 amide bonds. The minimum absolute atomic E-state index is 0.229. The van der Waals surface area contributed by atoms with Crippen LogP contribution in [0.2, 0.25) is 0 Å². The molecule has 2 unspecified atom stereocenters. The quantitative estimate of drug-likeness (QED) is 0.773. The van der Waals surface area contributed by atoms with Crippen molar-refractivity contribution in [1.29, 1.82) is 0 Å². The Morgan fingerprint density at radius 1 is 1.25 bits per heavy atom. The Hall–Kier alpha value is -0.860. The largest absolute Gasteiger partial charge is 0.328 e. The van der Waals surface area contributed by atoms with Gasteiger partial charge in [0, 0.05) is 12.1 Å². The zero-order chi connectivity index (χ0) is 12.0. The lowest BCUT2D eigenvalue weighted by Gasteiger charge is -2.19. The number of benzene rings is 1. The van der Waals surface area contributed by atoms with Crippen molar-refractivity contribution in [2.24, 2.45) is 5.73 Å². The average Bonchev–Trinajstić information content (AvgIpc) is 2.27. The van der Waals surface area contributed by atoms with Crippen molar-refractivity contribution in [3.8, 4) is 0 Å². The molecule has 0 saturated heterocycles. The molecule has 16 heavy (non-hydrogen) atoms. The number of nitrogens with one attached hydrogen (secondary N) is 1. The summed E-state index contributed by atoms with van der Waals surface area (Å²) < 4.78 is 0. The molecule has 0 aliphatic heterocycles. The van der Waals surface area contributed by atoms with Gasteiger partial charge in [-0.3, -0.25) is 0 Å². The summed E-state index contributed by atoms with van der Waals surface area (Å²) in [6, 6.07) is 9.49. The molecule has 0 aliphatic rings. The smallest absolute Gasteiger partial charge is 0.0332 e. The van der Waals surface area contributed by atoms with Gasteiger partial charge >= 0.3 is 0 Å². The van der Waals surface area contributed by atoms with Crippen LogP contribution < -0.4 is 11.1 Å². The van der Waals surface area contributed by atoms with Crippen molar-refractivity contribution in [3.63, 3.8) is 0 Å². The fraction of sp³-hybridized carbons (Fsp3) is 0.571. The summed E-state index contributed by atoms with van der Waals surface area (Å²) in [5.74, 6) is 0. The summed E-state index contributed by atoms with van der Waals surface area (Å²) in [7, 11) is 1.99. The lowest BCUT2D eigenvalue weighted by atomic mass is 9.98. The van der Waals surface area contributed by atoms with Gasteiger partial charge in [-0.05, 0) is 37.9 Å². The van der Waals surface area contributed by atoms with E-state index in [1.54, 1.807) is 0 Å². The van der Waals surface area contributed by atoms with E-state index < -0.39 is 0 Å². The van der Waals surface area contributed by atoms with E-state index in [4.69, 9.17) is 5.73 Å². The lowest BCUT2D eigenvalue weighted by Crippen LogP contribution is -2.25. The highest BCUT2D eigenvalue weighted by molar-refractivity contribution is 5.25. The van der Waals surface area contributed by atoms with E-state index in [2.05, 4.69) is 43.4 Å². The minimum atomic E-state index is 0.229. The van der Waals surface area contributed by atoms with E-state index in [0.717, 1.165) is 12.8 Å². The van der Waals surface area contributed by atoms with Crippen LogP contribution in [0.4, 0.5) is 0 Å². The Balaban J connectivity index is 2.70. The fourth-order valence-electron chi connectivity index (χ4n) is 2.00. The summed E-state index contributed by atoms with van der Waals surface area (Å²) in [6.07, 6.45) is 3.34. The van der Waals surface area contributed by atoms with Crippen LogP contribution in [0.1, 0.15) is 43.9 Å². The molecule has 1 aromatic rings. The van der Waals surface area contributed by atoms with Crippen LogP contribution in [-0.2, 0) is 6.42 Å². The lowest BCUT2D eigenvalue weighted by molar-refractivity contribution is 0.499. The van der Waals surface area contributed by atoms with Crippen LogP contribution in [0.5, 0.6) is 0 Å². The van der Waals surface area contributed by atoms with Crippen LogP contribution >= 0.6 is 0 Å². The Morgan fingerprint density at radius 2 is 1.88 bits per heavy atom. The predicted octanol–water partition coefficient (Wildman–Crippen LogP) is 2.64. The van der Waals surface area contributed by atoms with Crippen LogP contribution in [0.25, 0.3) is 0 Å². The summed E-state index contributed by atoms with van der Waals surface area (Å²) >= 11 is 0. The molecular weight excluding hydrogens is 196 g/mol. The van der Waals surface area contributed by atoms with Gasteiger partial charge in [0.05, 0.1) is 0 Å². The second-order valence-electron chi connectivity index (χ2n) is 4.55. The van der Waals surface area contributed by atoms with E-state index in [-0.39, 0.29) is 6.04 Å². The molecule has 0 heterocycles. The van der Waals surface area contributed by atoms with Gasteiger partial charge in [-0.1, -0.05) is 37.6 Å². The van der Waals surface area contributed by atoms with Gasteiger partial charge in [0.25, 0.3) is 0 Å². The Bertz CT molecular complexity index is 290. The standard InChI is InChI=1S/C14H24N2/c1-4-5-12-6-8-13(9-7-12)14(16-3)10-11(2)15/h6-9,11,14,16H,4-5,10,15H2,1-3H3. The molecule has 0 radical (unpaired) electrons. The number of nitrogens with two attached hydrogens (primary N) is 1. The molecule has 2 atom stereocenters. The molecule has 0 bridgehead atoms. The first kappa shape index (κ1) is 13.2. The predicted molar refractivity (Wildman–Crippen MR) is 70.5 cm³/mol. The SMILES string of the molecule is CCCc1ccc(C(CC(C)N)NC)cc1. The molecular formula is C14H24N2. The van der Waals surface area contributed by atoms with E-state index in [1.807, 2.05) is 7.05 Å². The van der Waals surface area contributed by atoms with Crippen LogP contribution in [0, 0.1) is 0 Å². The highest BCUT2D eigenvalue weighted by Gasteiger charge is 2.10. The van der Waals surface area contributed by atoms with E-state index in [9.17, 15) is 0 Å². The number of aryl methyl sites for hydroxylation is 1. The molecule has 2 heteroatoms. The van der Waals surface area contributed by atoms with Crippen molar-refractivity contribution in [2.45, 2.75) is 45.2 Å². The molecule has 2 nitrogen and oxygen atoms in total. The number of hydrogen-bond acceptors (Lipinski definition) is 2. The van der Waals surface area contributed by atoms with Gasteiger partial charge in [0.1, 0.15) is 0 Å². The maximum Gasteiger partial charge on any atom is 0.0332 e. The van der Waals surface area contributed by atoms with Gasteiger partial charge in [-0.25, -0.2) is 0 Å². The second kappa shape index (κ2) is 6.66. The van der Waals surface area contributed by atoms with Crippen molar-refractivity contribution < 1.29 is 0 Å². The molecule has 0 aliphatic carbocycles. The average molecular weight is 220 g/mol. The second-order valence-corrected chi connectivity index (χ2v) is 4.55. The van der Waals surface area contributed by atoms with E-state index in [0.29, 0.717) is 6.04 Å². The van der Waals surface area contributed by atoms with Crippen LogP contribution in [0.3, 0.4) is 0 Å². The monoisotopic (exact) mass is 220 g/mol. The van der Waals surface area contributed by atoms with E-state index >= 15 is 0 Å². The Kier molecular flexibility index (Phi) is 5.50. The normalized spacial score (nSPS) is 14.8. The maximum atomic E-state index is 5.84. The Labute approximate surface area is 99.2 Å². The molecule has 0 aromatic heterocycles. The molecule has 90 valence electrons. The van der Waals surface area contributed by atoms with Crippen LogP contribution in [-0.4, -0.2) is 13.1 Å². The summed E-state index contributed by atoms with van der Waals surface area (Å²) in [6.45, 7) is 4.26. The van der Waals surface area contributed by atoms with Gasteiger partial charge < -0.3 is 11.1 Å². The summed E-state index contributed by atoms with van der Waals surface area (Å²) in [4.78, 5) is 0. The molecule has 0 fully saturated rings. The van der Waals surface area contributed by atoms with Crippen LogP contribution in [0.15, 0.2) is 24.3 Å². The first-order valence-electron chi connectivity index (χ1n) is 6.19. The molecule has 3 N–H and O–H groups in total. The first-order valence-corrected chi connectivity index (χ1v) is 6.19. The molecule has 1 aromatic carbocycles. The minimum Gasteiger partial charge on any atom is -0.328 e. The molecule has 0 saturated carbocycles. The molecule has 0 spiro atoms. The zero-order valence-corrected chi connectivity index (χ0v) is 10.7. The topological polar surface area (TPSA) is 38.0 Å². The Morgan fingerprint density at radius 3 is 2.31 bits per heavy atom. The van der Waals surface area contributed by atoms with Crippen molar-refractivity contribution in [3.05, 3.63) is 35.4 Å². The number of rotatable bonds is 6. The van der Waals surface area contributed by atoms with E-state index in [1.165, 1.54) is 17.5 Å². The zero-order valence-electron chi connectivity index (χ0n) is 10.7. The van der Waals surface area contributed by atoms with Crippen molar-refractivity contribution in [1.82, 2.24) is 5.32 Å². The third-order valence-electron chi connectivity index (χ3n) is 2.88. The molecule has 1 rings (SSSR count).